The number of carbonyl (C=O) groups excluding carboxylic acids is 1. The summed E-state index contributed by atoms with van der Waals surface area (Å²) in [5, 5.41) is 13.3. The topological polar surface area (TPSA) is 65.4 Å². The highest BCUT2D eigenvalue weighted by molar-refractivity contribution is 7.16. The monoisotopic (exact) mass is 395 g/mol. The predicted octanol–water partition coefficient (Wildman–Crippen LogP) is 4.11. The lowest BCUT2D eigenvalue weighted by atomic mass is 9.96. The molecule has 0 spiro atoms. The highest BCUT2D eigenvalue weighted by Crippen LogP contribution is 2.37. The summed E-state index contributed by atoms with van der Waals surface area (Å²) in [4.78, 5) is 16.3. The van der Waals surface area contributed by atoms with Gasteiger partial charge in [-0.25, -0.2) is 0 Å². The first-order chi connectivity index (χ1) is 13.7. The van der Waals surface area contributed by atoms with Crippen molar-refractivity contribution in [2.75, 3.05) is 19.0 Å². The van der Waals surface area contributed by atoms with E-state index in [9.17, 15) is 10.1 Å². The number of benzene rings is 1. The number of nitrogens with zero attached hydrogens (tertiary/aromatic N) is 2. The zero-order chi connectivity index (χ0) is 19.5. The van der Waals surface area contributed by atoms with E-state index in [0.717, 1.165) is 55.0 Å². The van der Waals surface area contributed by atoms with E-state index in [4.69, 9.17) is 4.74 Å². The van der Waals surface area contributed by atoms with Gasteiger partial charge in [0.1, 0.15) is 16.8 Å². The molecule has 28 heavy (non-hydrogen) atoms. The quantitative estimate of drug-likeness (QED) is 0.766. The second-order valence-electron chi connectivity index (χ2n) is 7.56. The van der Waals surface area contributed by atoms with Gasteiger partial charge in [0.05, 0.1) is 19.2 Å². The third-order valence-corrected chi connectivity index (χ3v) is 6.70. The minimum atomic E-state index is -0.0319. The molecule has 2 aliphatic carbocycles. The number of hydrogen-bond acceptors (Lipinski definition) is 5. The molecule has 0 unspecified atom stereocenters. The van der Waals surface area contributed by atoms with E-state index in [1.807, 2.05) is 24.3 Å². The molecule has 1 saturated carbocycles. The first-order valence-corrected chi connectivity index (χ1v) is 10.7. The Morgan fingerprint density at radius 2 is 2.04 bits per heavy atom. The Kier molecular flexibility index (Phi) is 5.65. The van der Waals surface area contributed by atoms with E-state index in [-0.39, 0.29) is 5.91 Å². The number of rotatable bonds is 7. The smallest absolute Gasteiger partial charge is 0.239 e. The fraction of sp³-hybridized carbons (Fsp3) is 0.455. The van der Waals surface area contributed by atoms with Crippen molar-refractivity contribution in [1.82, 2.24) is 4.90 Å². The van der Waals surface area contributed by atoms with Gasteiger partial charge < -0.3 is 10.1 Å². The molecule has 0 radical (unpaired) electrons. The van der Waals surface area contributed by atoms with E-state index < -0.39 is 0 Å². The van der Waals surface area contributed by atoms with Crippen LogP contribution >= 0.6 is 11.3 Å². The van der Waals surface area contributed by atoms with Crippen LogP contribution in [0.5, 0.6) is 5.75 Å². The van der Waals surface area contributed by atoms with Crippen molar-refractivity contribution in [3.8, 4) is 11.8 Å². The number of fused-ring (bicyclic) bond motifs is 1. The number of aryl methyl sites for hydroxylation is 1. The van der Waals surface area contributed by atoms with Gasteiger partial charge in [-0.2, -0.15) is 5.26 Å². The zero-order valence-corrected chi connectivity index (χ0v) is 17.0. The lowest BCUT2D eigenvalue weighted by molar-refractivity contribution is -0.117. The molecule has 1 N–H and O–H groups in total. The minimum Gasteiger partial charge on any atom is -0.497 e. The Bertz CT molecular complexity index is 894. The number of thiophene rings is 1. The standard InChI is InChI=1S/C22H25N3O2S/c1-27-17-10-6-15(7-11-17)13-25(16-8-9-16)14-21(26)24-22-19(12-23)18-4-2-3-5-20(18)28-22/h6-7,10-11,16H,2-5,8-9,13-14H2,1H3,(H,24,26). The second kappa shape index (κ2) is 8.34. The molecular weight excluding hydrogens is 370 g/mol. The number of anilines is 1. The third-order valence-electron chi connectivity index (χ3n) is 5.49. The van der Waals surface area contributed by atoms with Crippen molar-refractivity contribution in [3.05, 3.63) is 45.8 Å². The molecule has 6 heteroatoms. The summed E-state index contributed by atoms with van der Waals surface area (Å²) in [6, 6.07) is 10.8. The number of nitriles is 1. The predicted molar refractivity (Wildman–Crippen MR) is 111 cm³/mol. The van der Waals surface area contributed by atoms with Crippen LogP contribution in [0.1, 0.15) is 47.3 Å². The van der Waals surface area contributed by atoms with Crippen LogP contribution < -0.4 is 10.1 Å². The van der Waals surface area contributed by atoms with Crippen molar-refractivity contribution in [2.45, 2.75) is 51.1 Å². The Labute approximate surface area is 169 Å². The van der Waals surface area contributed by atoms with Crippen LogP contribution in [-0.4, -0.2) is 30.5 Å². The fourth-order valence-corrected chi connectivity index (χ4v) is 5.10. The zero-order valence-electron chi connectivity index (χ0n) is 16.2. The third kappa shape index (κ3) is 4.21. The molecule has 5 nitrogen and oxygen atoms in total. The lowest BCUT2D eigenvalue weighted by Crippen LogP contribution is -2.34. The highest BCUT2D eigenvalue weighted by atomic mass is 32.1. The molecular formula is C22H25N3O2S. The molecule has 2 aliphatic rings. The molecule has 0 aliphatic heterocycles. The molecule has 0 saturated heterocycles. The van der Waals surface area contributed by atoms with Crippen molar-refractivity contribution >= 4 is 22.2 Å². The number of amides is 1. The van der Waals surface area contributed by atoms with E-state index in [1.165, 1.54) is 16.9 Å². The van der Waals surface area contributed by atoms with Gasteiger partial charge in [0.15, 0.2) is 0 Å². The molecule has 0 bridgehead atoms. The molecule has 146 valence electrons. The maximum atomic E-state index is 12.8. The molecule has 2 aromatic rings. The normalized spacial score (nSPS) is 15.8. The van der Waals surface area contributed by atoms with Crippen LogP contribution in [0.25, 0.3) is 0 Å². The fourth-order valence-electron chi connectivity index (χ4n) is 3.84. The Morgan fingerprint density at radius 1 is 1.29 bits per heavy atom. The first kappa shape index (κ1) is 19.0. The number of hydrogen-bond donors (Lipinski definition) is 1. The molecule has 1 aromatic heterocycles. The van der Waals surface area contributed by atoms with Gasteiger partial charge in [-0.1, -0.05) is 12.1 Å². The summed E-state index contributed by atoms with van der Waals surface area (Å²) in [5.74, 6) is 0.806. The molecule has 1 amide bonds. The highest BCUT2D eigenvalue weighted by Gasteiger charge is 2.31. The lowest BCUT2D eigenvalue weighted by Gasteiger charge is -2.21. The summed E-state index contributed by atoms with van der Waals surface area (Å²) in [6.45, 7) is 1.10. The number of methoxy groups -OCH3 is 1. The summed E-state index contributed by atoms with van der Waals surface area (Å²) in [6.07, 6.45) is 6.55. The largest absolute Gasteiger partial charge is 0.497 e. The average Bonchev–Trinajstić information content (AvgIpc) is 3.50. The van der Waals surface area contributed by atoms with E-state index in [2.05, 4.69) is 16.3 Å². The van der Waals surface area contributed by atoms with E-state index in [1.54, 1.807) is 18.4 Å². The van der Waals surface area contributed by atoms with Crippen LogP contribution in [0.4, 0.5) is 5.00 Å². The molecule has 1 fully saturated rings. The van der Waals surface area contributed by atoms with Crippen molar-refractivity contribution in [1.29, 1.82) is 5.26 Å². The van der Waals surface area contributed by atoms with Gasteiger partial charge in [-0.15, -0.1) is 11.3 Å². The average molecular weight is 396 g/mol. The summed E-state index contributed by atoms with van der Waals surface area (Å²) in [7, 11) is 1.66. The SMILES string of the molecule is COc1ccc(CN(CC(=O)Nc2sc3c(c2C#N)CCCC3)C2CC2)cc1. The van der Waals surface area contributed by atoms with E-state index >= 15 is 0 Å². The number of ether oxygens (including phenoxy) is 1. The summed E-state index contributed by atoms with van der Waals surface area (Å²) >= 11 is 1.59. The van der Waals surface area contributed by atoms with E-state index in [0.29, 0.717) is 18.2 Å². The minimum absolute atomic E-state index is 0.0319. The van der Waals surface area contributed by atoms with Crippen LogP contribution in [0, 0.1) is 11.3 Å². The van der Waals surface area contributed by atoms with Gasteiger partial charge in [-0.3, -0.25) is 9.69 Å². The molecule has 1 heterocycles. The Balaban J connectivity index is 1.43. The molecule has 1 aromatic carbocycles. The Hall–Kier alpha value is -2.36. The van der Waals surface area contributed by atoms with Gasteiger partial charge in [0, 0.05) is 17.5 Å². The van der Waals surface area contributed by atoms with Crippen LogP contribution in [0.2, 0.25) is 0 Å². The van der Waals surface area contributed by atoms with Crippen molar-refractivity contribution in [3.63, 3.8) is 0 Å². The van der Waals surface area contributed by atoms with Crippen LogP contribution in [0.3, 0.4) is 0 Å². The second-order valence-corrected chi connectivity index (χ2v) is 8.66. The number of nitrogens with one attached hydrogen (secondary N) is 1. The summed E-state index contributed by atoms with van der Waals surface area (Å²) < 4.78 is 5.22. The summed E-state index contributed by atoms with van der Waals surface area (Å²) in [5.41, 5.74) is 3.01. The van der Waals surface area contributed by atoms with Gasteiger partial charge in [0.2, 0.25) is 5.91 Å². The van der Waals surface area contributed by atoms with Crippen molar-refractivity contribution < 1.29 is 9.53 Å². The van der Waals surface area contributed by atoms with Gasteiger partial charge in [-0.05, 0) is 61.8 Å². The van der Waals surface area contributed by atoms with Gasteiger partial charge >= 0.3 is 0 Å². The maximum Gasteiger partial charge on any atom is 0.239 e. The van der Waals surface area contributed by atoms with Gasteiger partial charge in [0.25, 0.3) is 0 Å². The van der Waals surface area contributed by atoms with Crippen LogP contribution in [0.15, 0.2) is 24.3 Å². The molecule has 0 atom stereocenters. The van der Waals surface area contributed by atoms with Crippen LogP contribution in [-0.2, 0) is 24.2 Å². The number of carbonyl (C=O) groups is 1. The molecule has 4 rings (SSSR count). The van der Waals surface area contributed by atoms with Crippen molar-refractivity contribution in [2.24, 2.45) is 0 Å². The Morgan fingerprint density at radius 3 is 2.71 bits per heavy atom. The first-order valence-electron chi connectivity index (χ1n) is 9.89. The maximum absolute atomic E-state index is 12.8.